The molecule has 7 atom stereocenters. The first kappa shape index (κ1) is 37.6. The highest BCUT2D eigenvalue weighted by Gasteiger charge is 2.63. The summed E-state index contributed by atoms with van der Waals surface area (Å²) in [6.45, 7) is 9.16. The van der Waals surface area contributed by atoms with Gasteiger partial charge in [-0.15, -0.1) is 0 Å². The molecule has 1 N–H and O–H groups in total. The zero-order valence-corrected chi connectivity index (χ0v) is 30.5. The van der Waals surface area contributed by atoms with Crippen molar-refractivity contribution in [2.45, 2.75) is 94.2 Å². The molecule has 2 fully saturated rings. The summed E-state index contributed by atoms with van der Waals surface area (Å²) in [7, 11) is -1.02. The summed E-state index contributed by atoms with van der Waals surface area (Å²) in [5.41, 5.74) is -0.219. The summed E-state index contributed by atoms with van der Waals surface area (Å²) in [6, 6.07) is 15.8. The van der Waals surface area contributed by atoms with E-state index in [4.69, 9.17) is 28.4 Å². The van der Waals surface area contributed by atoms with Gasteiger partial charge in [-0.25, -0.2) is 8.42 Å². The van der Waals surface area contributed by atoms with Crippen LogP contribution in [0.3, 0.4) is 0 Å². The molecule has 0 amide bonds. The SMILES string of the molecule is COCO[C@H]1C(=O)[C@@H](C)[C@@H]([C@@]2([C@@H](CCO)OCc3ccc(OC)cc3)COC(C)(C)O2)[C@H](S(=O)(=O)c2ccccc2)/C=C2\CC[C@H]1C2(C)C. The minimum Gasteiger partial charge on any atom is -0.497 e. The molecule has 2 aliphatic carbocycles. The molecule has 2 aromatic rings. The Morgan fingerprint density at radius 1 is 1.02 bits per heavy atom. The number of aliphatic hydroxyl groups is 1. The number of hydrogen-bond donors (Lipinski definition) is 1. The van der Waals surface area contributed by atoms with Crippen LogP contribution in [0.15, 0.2) is 71.1 Å². The molecule has 5 rings (SSSR count). The highest BCUT2D eigenvalue weighted by molar-refractivity contribution is 7.92. The van der Waals surface area contributed by atoms with E-state index in [2.05, 4.69) is 13.8 Å². The first-order valence-electron chi connectivity index (χ1n) is 17.1. The second-order valence-electron chi connectivity index (χ2n) is 14.5. The number of ether oxygens (including phenoxy) is 6. The van der Waals surface area contributed by atoms with E-state index in [0.717, 1.165) is 11.1 Å². The van der Waals surface area contributed by atoms with Crippen molar-refractivity contribution < 1.29 is 46.7 Å². The van der Waals surface area contributed by atoms with E-state index >= 15 is 8.42 Å². The molecule has 0 aromatic heterocycles. The van der Waals surface area contributed by atoms with E-state index in [1.165, 1.54) is 7.11 Å². The largest absolute Gasteiger partial charge is 0.497 e. The minimum atomic E-state index is -4.13. The molecule has 270 valence electrons. The van der Waals surface area contributed by atoms with Crippen molar-refractivity contribution in [1.82, 2.24) is 0 Å². The lowest BCUT2D eigenvalue weighted by atomic mass is 9.69. The van der Waals surface area contributed by atoms with E-state index in [9.17, 15) is 9.90 Å². The van der Waals surface area contributed by atoms with Crippen molar-refractivity contribution in [2.75, 3.05) is 34.2 Å². The fraction of sp³-hybridized carbons (Fsp3) is 0.605. The molecule has 0 unspecified atom stereocenters. The molecule has 1 aliphatic heterocycles. The Bertz CT molecular complexity index is 1570. The first-order chi connectivity index (χ1) is 23.2. The van der Waals surface area contributed by atoms with Crippen LogP contribution in [0.5, 0.6) is 5.75 Å². The Hall–Kier alpha value is -2.64. The van der Waals surface area contributed by atoms with Crippen molar-refractivity contribution >= 4 is 15.6 Å². The average molecular weight is 701 g/mol. The number of carbonyl (C=O) groups excluding carboxylic acids is 1. The summed E-state index contributed by atoms with van der Waals surface area (Å²) in [4.78, 5) is 15.1. The zero-order valence-electron chi connectivity index (χ0n) is 29.7. The van der Waals surface area contributed by atoms with Crippen LogP contribution < -0.4 is 4.74 Å². The third-order valence-electron chi connectivity index (χ3n) is 10.8. The van der Waals surface area contributed by atoms with Gasteiger partial charge in [0.2, 0.25) is 0 Å². The number of hydrogen-bond acceptors (Lipinski definition) is 10. The topological polar surface area (TPSA) is 127 Å². The number of ketones is 1. The zero-order chi connectivity index (χ0) is 35.6. The Morgan fingerprint density at radius 2 is 1.71 bits per heavy atom. The van der Waals surface area contributed by atoms with Gasteiger partial charge in [0.25, 0.3) is 0 Å². The molecule has 10 nitrogen and oxygen atoms in total. The second kappa shape index (κ2) is 14.9. The van der Waals surface area contributed by atoms with Gasteiger partial charge in [0, 0.05) is 31.5 Å². The fourth-order valence-corrected chi connectivity index (χ4v) is 10.3. The summed E-state index contributed by atoms with van der Waals surface area (Å²) in [6.07, 6.45) is 1.57. The molecule has 3 aliphatic rings. The van der Waals surface area contributed by atoms with Crippen molar-refractivity contribution in [1.29, 1.82) is 0 Å². The molecule has 2 bridgehead atoms. The van der Waals surface area contributed by atoms with Crippen LogP contribution in [0.2, 0.25) is 0 Å². The van der Waals surface area contributed by atoms with Crippen molar-refractivity contribution in [3.05, 3.63) is 71.8 Å². The van der Waals surface area contributed by atoms with Crippen LogP contribution in [0.25, 0.3) is 0 Å². The Labute approximate surface area is 291 Å². The van der Waals surface area contributed by atoms with E-state index in [1.807, 2.05) is 30.3 Å². The third kappa shape index (κ3) is 7.40. The molecule has 49 heavy (non-hydrogen) atoms. The van der Waals surface area contributed by atoms with Crippen molar-refractivity contribution in [3.63, 3.8) is 0 Å². The average Bonchev–Trinajstić information content (AvgIpc) is 3.57. The van der Waals surface area contributed by atoms with E-state index < -0.39 is 55.9 Å². The summed E-state index contributed by atoms with van der Waals surface area (Å²) < 4.78 is 66.7. The summed E-state index contributed by atoms with van der Waals surface area (Å²) in [5.74, 6) is -2.78. The van der Waals surface area contributed by atoms with Crippen molar-refractivity contribution in [2.24, 2.45) is 23.2 Å². The number of sulfone groups is 1. The van der Waals surface area contributed by atoms with Gasteiger partial charge in [0.1, 0.15) is 24.2 Å². The molecule has 0 spiro atoms. The highest BCUT2D eigenvalue weighted by atomic mass is 32.2. The quantitative estimate of drug-likeness (QED) is 0.211. The Kier molecular flexibility index (Phi) is 11.4. The number of rotatable bonds is 13. The maximum Gasteiger partial charge on any atom is 0.185 e. The normalized spacial score (nSPS) is 31.3. The number of methoxy groups -OCH3 is 2. The summed E-state index contributed by atoms with van der Waals surface area (Å²) >= 11 is 0. The van der Waals surface area contributed by atoms with Gasteiger partial charge in [0.15, 0.2) is 21.4 Å². The number of allylic oxidation sites excluding steroid dienone is 1. The molecule has 2 aromatic carbocycles. The molecular weight excluding hydrogens is 648 g/mol. The third-order valence-corrected chi connectivity index (χ3v) is 12.9. The maximum absolute atomic E-state index is 15.0. The lowest BCUT2D eigenvalue weighted by Crippen LogP contribution is -2.61. The molecule has 1 saturated heterocycles. The number of benzene rings is 2. The van der Waals surface area contributed by atoms with Crippen molar-refractivity contribution in [3.8, 4) is 5.75 Å². The Balaban J connectivity index is 1.73. The van der Waals surface area contributed by atoms with E-state index in [1.54, 1.807) is 58.2 Å². The highest BCUT2D eigenvalue weighted by Crippen LogP contribution is 2.55. The monoisotopic (exact) mass is 700 g/mol. The molecule has 1 saturated carbocycles. The smallest absolute Gasteiger partial charge is 0.185 e. The van der Waals surface area contributed by atoms with Crippen LogP contribution in [0.4, 0.5) is 0 Å². The predicted octanol–water partition coefficient (Wildman–Crippen LogP) is 5.51. The maximum atomic E-state index is 15.0. The lowest BCUT2D eigenvalue weighted by molar-refractivity contribution is -0.219. The van der Waals surface area contributed by atoms with Gasteiger partial charge in [-0.2, -0.15) is 0 Å². The van der Waals surface area contributed by atoms with Gasteiger partial charge in [0.05, 0.1) is 36.6 Å². The van der Waals surface area contributed by atoms with E-state index in [0.29, 0.717) is 18.6 Å². The number of Topliss-reactive ketones (excluding diaryl/α,β-unsaturated/α-hetero) is 1. The summed E-state index contributed by atoms with van der Waals surface area (Å²) in [5, 5.41) is 9.24. The standard InChI is InChI=1S/C38H52O10S/c1-25-33(38(23-47-37(4,5)48-38)32(19-20-39)45-22-26-13-16-28(44-7)17-14-26)31(49(41,42)29-11-9-8-10-12-29)21-27-15-18-30(36(27,2)3)35(34(25)40)46-24-43-6/h8-14,16-17,21,25,30-33,35,39H,15,18-20,22-24H2,1-7H3/b27-21+/t25-,30+,31+,32+,33+,35+,38-/m0/s1. The first-order valence-corrected chi connectivity index (χ1v) is 18.6. The van der Waals surface area contributed by atoms with Crippen LogP contribution in [-0.4, -0.2) is 82.4 Å². The van der Waals surface area contributed by atoms with Gasteiger partial charge >= 0.3 is 0 Å². The number of fused-ring (bicyclic) bond motifs is 2. The fourth-order valence-electron chi connectivity index (χ4n) is 8.22. The number of aliphatic hydroxyl groups excluding tert-OH is 1. The second-order valence-corrected chi connectivity index (χ2v) is 16.6. The van der Waals surface area contributed by atoms with Gasteiger partial charge in [-0.05, 0) is 68.4 Å². The van der Waals surface area contributed by atoms with Crippen LogP contribution in [0, 0.1) is 23.2 Å². The minimum absolute atomic E-state index is 0.0596. The predicted molar refractivity (Wildman–Crippen MR) is 184 cm³/mol. The molecule has 1 heterocycles. The van der Waals surface area contributed by atoms with Crippen LogP contribution >= 0.6 is 0 Å². The Morgan fingerprint density at radius 3 is 2.31 bits per heavy atom. The molecular formula is C38H52O10S. The van der Waals surface area contributed by atoms with Crippen LogP contribution in [0.1, 0.15) is 59.4 Å². The number of carbonyl (C=O) groups is 1. The molecule has 0 radical (unpaired) electrons. The van der Waals surface area contributed by atoms with Gasteiger partial charge in [-0.3, -0.25) is 4.79 Å². The molecule has 11 heteroatoms. The lowest BCUT2D eigenvalue weighted by Gasteiger charge is -2.47. The van der Waals surface area contributed by atoms with E-state index in [-0.39, 0.29) is 49.6 Å². The van der Waals surface area contributed by atoms with Gasteiger partial charge < -0.3 is 33.5 Å². The van der Waals surface area contributed by atoms with Gasteiger partial charge in [-0.1, -0.05) is 62.8 Å². The van der Waals surface area contributed by atoms with Crippen LogP contribution in [-0.2, 0) is 44.9 Å².